The number of carbonyl (C=O) groups excluding carboxylic acids is 1. The third-order valence-corrected chi connectivity index (χ3v) is 5.17. The standard InChI is InChI=1S/C23H22ClFN2O4/c1-29-22-11-15(10-16(12-26)23(28)27-13-17-4-3-9-30-17)7-8-21(22)31-14-18-19(24)5-2-6-20(18)25/h2,5-8,10-11,17H,3-4,9,13-14H2,1H3,(H,27,28)/b16-10+/t17-/m1/s1. The fourth-order valence-electron chi connectivity index (χ4n) is 3.14. The molecule has 162 valence electrons. The molecule has 1 heterocycles. The molecule has 1 fully saturated rings. The molecule has 1 aliphatic rings. The highest BCUT2D eigenvalue weighted by Crippen LogP contribution is 2.31. The minimum atomic E-state index is -0.466. The lowest BCUT2D eigenvalue weighted by molar-refractivity contribution is -0.117. The maximum atomic E-state index is 13.9. The molecule has 0 aromatic heterocycles. The fraction of sp³-hybridized carbons (Fsp3) is 0.304. The highest BCUT2D eigenvalue weighted by atomic mass is 35.5. The monoisotopic (exact) mass is 444 g/mol. The summed E-state index contributed by atoms with van der Waals surface area (Å²) in [5, 5.41) is 12.4. The number of hydrogen-bond donors (Lipinski definition) is 1. The van der Waals surface area contributed by atoms with Crippen LogP contribution in [0.5, 0.6) is 11.5 Å². The number of nitrogens with zero attached hydrogens (tertiary/aromatic N) is 1. The lowest BCUT2D eigenvalue weighted by Crippen LogP contribution is -2.32. The SMILES string of the molecule is COc1cc(/C=C(\C#N)C(=O)NC[C@H]2CCCO2)ccc1OCc1c(F)cccc1Cl. The number of ether oxygens (including phenoxy) is 3. The second-order valence-electron chi connectivity index (χ2n) is 6.91. The Morgan fingerprint density at radius 1 is 1.39 bits per heavy atom. The average Bonchev–Trinajstić information content (AvgIpc) is 3.29. The number of amides is 1. The summed E-state index contributed by atoms with van der Waals surface area (Å²) in [5.74, 6) is -0.177. The number of nitrogens with one attached hydrogen (secondary N) is 1. The molecule has 6 nitrogen and oxygen atoms in total. The number of nitriles is 1. The van der Waals surface area contributed by atoms with E-state index in [2.05, 4.69) is 5.32 Å². The number of rotatable bonds is 8. The summed E-state index contributed by atoms with van der Waals surface area (Å²) in [6.45, 7) is 0.984. The maximum Gasteiger partial charge on any atom is 0.262 e. The highest BCUT2D eigenvalue weighted by Gasteiger charge is 2.18. The first kappa shape index (κ1) is 22.6. The van der Waals surface area contributed by atoms with Gasteiger partial charge in [0.25, 0.3) is 5.91 Å². The van der Waals surface area contributed by atoms with Crippen molar-refractivity contribution in [2.24, 2.45) is 0 Å². The molecule has 1 atom stereocenters. The van der Waals surface area contributed by atoms with E-state index < -0.39 is 11.7 Å². The summed E-state index contributed by atoms with van der Waals surface area (Å²) in [5.41, 5.74) is 0.786. The van der Waals surface area contributed by atoms with E-state index >= 15 is 0 Å². The second kappa shape index (κ2) is 10.8. The molecule has 0 bridgehead atoms. The normalized spacial score (nSPS) is 15.9. The van der Waals surface area contributed by atoms with E-state index in [-0.39, 0.29) is 28.9 Å². The van der Waals surface area contributed by atoms with Crippen LogP contribution in [0.1, 0.15) is 24.0 Å². The Labute approximate surface area is 185 Å². The van der Waals surface area contributed by atoms with Crippen molar-refractivity contribution in [1.82, 2.24) is 5.32 Å². The Balaban J connectivity index is 1.70. The van der Waals surface area contributed by atoms with E-state index in [4.69, 9.17) is 25.8 Å². The van der Waals surface area contributed by atoms with Crippen molar-refractivity contribution in [3.8, 4) is 17.6 Å². The molecule has 0 aliphatic carbocycles. The first-order valence-electron chi connectivity index (χ1n) is 9.77. The van der Waals surface area contributed by atoms with Crippen LogP contribution in [0, 0.1) is 17.1 Å². The predicted molar refractivity (Wildman–Crippen MR) is 114 cm³/mol. The van der Waals surface area contributed by atoms with E-state index in [1.165, 1.54) is 25.3 Å². The fourth-order valence-corrected chi connectivity index (χ4v) is 3.35. The van der Waals surface area contributed by atoms with Crippen molar-refractivity contribution in [2.75, 3.05) is 20.3 Å². The summed E-state index contributed by atoms with van der Waals surface area (Å²) < 4.78 is 30.4. The van der Waals surface area contributed by atoms with Crippen LogP contribution < -0.4 is 14.8 Å². The molecule has 2 aromatic carbocycles. The van der Waals surface area contributed by atoms with E-state index in [0.29, 0.717) is 30.2 Å². The maximum absolute atomic E-state index is 13.9. The van der Waals surface area contributed by atoms with Gasteiger partial charge in [-0.3, -0.25) is 4.79 Å². The summed E-state index contributed by atoms with van der Waals surface area (Å²) in [4.78, 5) is 12.3. The third kappa shape index (κ3) is 5.97. The van der Waals surface area contributed by atoms with Gasteiger partial charge >= 0.3 is 0 Å². The van der Waals surface area contributed by atoms with Gasteiger partial charge in [-0.25, -0.2) is 4.39 Å². The number of hydrogen-bond acceptors (Lipinski definition) is 5. The van der Waals surface area contributed by atoms with Crippen molar-refractivity contribution in [1.29, 1.82) is 5.26 Å². The molecule has 3 rings (SSSR count). The zero-order valence-corrected chi connectivity index (χ0v) is 17.7. The Bertz CT molecular complexity index is 993. The zero-order valence-electron chi connectivity index (χ0n) is 17.0. The number of carbonyl (C=O) groups is 1. The molecule has 1 saturated heterocycles. The molecule has 1 N–H and O–H groups in total. The van der Waals surface area contributed by atoms with Gasteiger partial charge in [-0.2, -0.15) is 5.26 Å². The van der Waals surface area contributed by atoms with E-state index in [1.807, 2.05) is 6.07 Å². The Kier molecular flexibility index (Phi) is 7.88. The topological polar surface area (TPSA) is 80.6 Å². The molecule has 2 aromatic rings. The molecule has 31 heavy (non-hydrogen) atoms. The molecular formula is C23H22ClFN2O4. The van der Waals surface area contributed by atoms with Crippen molar-refractivity contribution >= 4 is 23.6 Å². The van der Waals surface area contributed by atoms with Crippen molar-refractivity contribution in [3.63, 3.8) is 0 Å². The van der Waals surface area contributed by atoms with E-state index in [1.54, 1.807) is 24.3 Å². The highest BCUT2D eigenvalue weighted by molar-refractivity contribution is 6.31. The number of methoxy groups -OCH3 is 1. The molecule has 8 heteroatoms. The first-order chi connectivity index (χ1) is 15.0. The van der Waals surface area contributed by atoms with Gasteiger partial charge in [0.15, 0.2) is 11.5 Å². The summed E-state index contributed by atoms with van der Waals surface area (Å²) >= 11 is 6.03. The smallest absolute Gasteiger partial charge is 0.262 e. The van der Waals surface area contributed by atoms with Crippen molar-refractivity contribution < 1.29 is 23.4 Å². The lowest BCUT2D eigenvalue weighted by Gasteiger charge is -2.13. The lowest BCUT2D eigenvalue weighted by atomic mass is 10.1. The zero-order chi connectivity index (χ0) is 22.2. The van der Waals surface area contributed by atoms with Crippen LogP contribution in [0.2, 0.25) is 5.02 Å². The minimum Gasteiger partial charge on any atom is -0.493 e. The van der Waals surface area contributed by atoms with Crippen molar-refractivity contribution in [2.45, 2.75) is 25.6 Å². The first-order valence-corrected chi connectivity index (χ1v) is 10.1. The van der Waals surface area contributed by atoms with E-state index in [0.717, 1.165) is 12.8 Å². The summed E-state index contributed by atoms with van der Waals surface area (Å²) in [6.07, 6.45) is 3.31. The largest absolute Gasteiger partial charge is 0.493 e. The molecule has 1 aliphatic heterocycles. The van der Waals surface area contributed by atoms with Crippen LogP contribution in [0.25, 0.3) is 6.08 Å². The van der Waals surface area contributed by atoms with Gasteiger partial charge in [0.1, 0.15) is 24.1 Å². The average molecular weight is 445 g/mol. The summed E-state index contributed by atoms with van der Waals surface area (Å²) in [6, 6.07) is 11.3. The van der Waals surface area contributed by atoms with Gasteiger partial charge in [0, 0.05) is 18.7 Å². The number of halogens is 2. The van der Waals surface area contributed by atoms with Crippen LogP contribution >= 0.6 is 11.6 Å². The Morgan fingerprint density at radius 2 is 2.23 bits per heavy atom. The van der Waals surface area contributed by atoms with Crippen LogP contribution in [0.3, 0.4) is 0 Å². The Morgan fingerprint density at radius 3 is 2.90 bits per heavy atom. The van der Waals surface area contributed by atoms with Gasteiger partial charge in [-0.05, 0) is 48.7 Å². The van der Waals surface area contributed by atoms with E-state index in [9.17, 15) is 14.4 Å². The molecular weight excluding hydrogens is 423 g/mol. The van der Waals surface area contributed by atoms with Gasteiger partial charge in [0.2, 0.25) is 0 Å². The second-order valence-corrected chi connectivity index (χ2v) is 7.32. The minimum absolute atomic E-state index is 0.0108. The van der Waals surface area contributed by atoms with Gasteiger partial charge < -0.3 is 19.5 Å². The molecule has 0 saturated carbocycles. The van der Waals surface area contributed by atoms with Crippen LogP contribution in [-0.2, 0) is 16.1 Å². The molecule has 0 unspecified atom stereocenters. The van der Waals surface area contributed by atoms with Crippen LogP contribution in [0.15, 0.2) is 42.0 Å². The van der Waals surface area contributed by atoms with Crippen LogP contribution in [-0.4, -0.2) is 32.3 Å². The predicted octanol–water partition coefficient (Wildman–Crippen LogP) is 4.27. The van der Waals surface area contributed by atoms with Gasteiger partial charge in [-0.15, -0.1) is 0 Å². The molecule has 0 spiro atoms. The van der Waals surface area contributed by atoms with Gasteiger partial charge in [0.05, 0.1) is 18.2 Å². The number of benzene rings is 2. The summed E-state index contributed by atoms with van der Waals surface area (Å²) in [7, 11) is 1.46. The van der Waals surface area contributed by atoms with Gasteiger partial charge in [-0.1, -0.05) is 23.7 Å². The molecule has 0 radical (unpaired) electrons. The molecule has 1 amide bonds. The third-order valence-electron chi connectivity index (χ3n) is 4.81. The van der Waals surface area contributed by atoms with Crippen LogP contribution in [0.4, 0.5) is 4.39 Å². The quantitative estimate of drug-likeness (QED) is 0.486. The van der Waals surface area contributed by atoms with Crippen molar-refractivity contribution in [3.05, 3.63) is 63.9 Å². The Hall–Kier alpha value is -3.08.